The number of rotatable bonds is 4. The molecule has 1 heterocycles. The van der Waals surface area contributed by atoms with Gasteiger partial charge in [0.2, 0.25) is 0 Å². The second-order valence-corrected chi connectivity index (χ2v) is 4.19. The fourth-order valence-electron chi connectivity index (χ4n) is 1.86. The molecular weight excluding hydrogens is 233 g/mol. The summed E-state index contributed by atoms with van der Waals surface area (Å²) >= 11 is 0. The van der Waals surface area contributed by atoms with Gasteiger partial charge in [0, 0.05) is 24.8 Å². The fraction of sp³-hybridized carbons (Fsp3) is 0.308. The molecular formula is C13H16FN3O. The van der Waals surface area contributed by atoms with Gasteiger partial charge in [-0.15, -0.1) is 0 Å². The highest BCUT2D eigenvalue weighted by Crippen LogP contribution is 2.23. The van der Waals surface area contributed by atoms with Gasteiger partial charge in [-0.1, -0.05) is 12.1 Å². The largest absolute Gasteiger partial charge is 0.494 e. The summed E-state index contributed by atoms with van der Waals surface area (Å²) in [5, 5.41) is 4.05. The molecule has 96 valence electrons. The Kier molecular flexibility index (Phi) is 3.62. The van der Waals surface area contributed by atoms with Gasteiger partial charge >= 0.3 is 0 Å². The van der Waals surface area contributed by atoms with Crippen LogP contribution in [0.25, 0.3) is 0 Å². The smallest absolute Gasteiger partial charge is 0.168 e. The fourth-order valence-corrected chi connectivity index (χ4v) is 1.86. The van der Waals surface area contributed by atoms with Crippen LogP contribution >= 0.6 is 0 Å². The van der Waals surface area contributed by atoms with Gasteiger partial charge < -0.3 is 10.5 Å². The van der Waals surface area contributed by atoms with Crippen molar-refractivity contribution in [2.45, 2.75) is 12.5 Å². The summed E-state index contributed by atoms with van der Waals surface area (Å²) in [7, 11) is 3.27. The minimum absolute atomic E-state index is 0.242. The molecule has 2 aromatic rings. The molecule has 1 unspecified atom stereocenters. The van der Waals surface area contributed by atoms with Crippen LogP contribution < -0.4 is 10.5 Å². The third kappa shape index (κ3) is 2.51. The molecule has 18 heavy (non-hydrogen) atoms. The molecule has 0 aliphatic heterocycles. The molecule has 0 saturated carbocycles. The topological polar surface area (TPSA) is 53.1 Å². The predicted molar refractivity (Wildman–Crippen MR) is 66.8 cm³/mol. The molecule has 0 bridgehead atoms. The van der Waals surface area contributed by atoms with Crippen molar-refractivity contribution in [1.82, 2.24) is 9.78 Å². The summed E-state index contributed by atoms with van der Waals surface area (Å²) in [5.74, 6) is -0.106. The van der Waals surface area contributed by atoms with Gasteiger partial charge in [0.1, 0.15) is 0 Å². The van der Waals surface area contributed by atoms with E-state index in [1.54, 1.807) is 29.1 Å². The third-order valence-corrected chi connectivity index (χ3v) is 2.86. The van der Waals surface area contributed by atoms with E-state index in [0.29, 0.717) is 12.0 Å². The minimum Gasteiger partial charge on any atom is -0.494 e. The number of nitrogens with two attached hydrogens (primary N) is 1. The van der Waals surface area contributed by atoms with Gasteiger partial charge in [0.25, 0.3) is 0 Å². The van der Waals surface area contributed by atoms with E-state index < -0.39 is 0 Å². The van der Waals surface area contributed by atoms with E-state index in [9.17, 15) is 4.39 Å². The Bertz CT molecular complexity index is 539. The maximum Gasteiger partial charge on any atom is 0.168 e. The first-order valence-corrected chi connectivity index (χ1v) is 5.67. The van der Waals surface area contributed by atoms with Crippen molar-refractivity contribution in [3.8, 4) is 5.75 Å². The van der Waals surface area contributed by atoms with E-state index in [1.807, 2.05) is 13.2 Å². The highest BCUT2D eigenvalue weighted by Gasteiger charge is 2.14. The standard InChI is InChI=1S/C13H16FN3O/c1-17-8-10(7-16-17)11(15)6-9-4-3-5-12(18-2)13(9)14/h3-5,7-8,11H,6,15H2,1-2H3. The maximum absolute atomic E-state index is 14.0. The van der Waals surface area contributed by atoms with Crippen molar-refractivity contribution in [3.05, 3.63) is 47.5 Å². The van der Waals surface area contributed by atoms with Gasteiger partial charge in [-0.3, -0.25) is 4.68 Å². The monoisotopic (exact) mass is 249 g/mol. The van der Waals surface area contributed by atoms with Crippen LogP contribution in [0.1, 0.15) is 17.2 Å². The molecule has 0 spiro atoms. The molecule has 2 rings (SSSR count). The lowest BCUT2D eigenvalue weighted by atomic mass is 10.0. The summed E-state index contributed by atoms with van der Waals surface area (Å²) in [6.07, 6.45) is 3.94. The number of aromatic nitrogens is 2. The molecule has 1 aromatic heterocycles. The lowest BCUT2D eigenvalue weighted by molar-refractivity contribution is 0.383. The summed E-state index contributed by atoms with van der Waals surface area (Å²) < 4.78 is 20.6. The number of benzene rings is 1. The van der Waals surface area contributed by atoms with Crippen LogP contribution in [0.5, 0.6) is 5.75 Å². The van der Waals surface area contributed by atoms with Crippen LogP contribution in [-0.2, 0) is 13.5 Å². The van der Waals surface area contributed by atoms with E-state index >= 15 is 0 Å². The molecule has 1 atom stereocenters. The lowest BCUT2D eigenvalue weighted by Gasteiger charge is -2.11. The van der Waals surface area contributed by atoms with Crippen molar-refractivity contribution in [1.29, 1.82) is 0 Å². The highest BCUT2D eigenvalue weighted by atomic mass is 19.1. The van der Waals surface area contributed by atoms with Crippen LogP contribution in [0, 0.1) is 5.82 Å². The van der Waals surface area contributed by atoms with Crippen molar-refractivity contribution >= 4 is 0 Å². The second-order valence-electron chi connectivity index (χ2n) is 4.19. The van der Waals surface area contributed by atoms with Crippen LogP contribution in [0.2, 0.25) is 0 Å². The Morgan fingerprint density at radius 1 is 1.50 bits per heavy atom. The number of hydrogen-bond acceptors (Lipinski definition) is 3. The van der Waals surface area contributed by atoms with Crippen LogP contribution in [0.3, 0.4) is 0 Å². The van der Waals surface area contributed by atoms with Crippen molar-refractivity contribution in [3.63, 3.8) is 0 Å². The minimum atomic E-state index is -0.348. The maximum atomic E-state index is 14.0. The van der Waals surface area contributed by atoms with Crippen molar-refractivity contribution in [2.75, 3.05) is 7.11 Å². The second kappa shape index (κ2) is 5.18. The normalized spacial score (nSPS) is 12.4. The molecule has 2 N–H and O–H groups in total. The van der Waals surface area contributed by atoms with Crippen LogP contribution in [-0.4, -0.2) is 16.9 Å². The Hall–Kier alpha value is -1.88. The molecule has 1 aromatic carbocycles. The van der Waals surface area contributed by atoms with E-state index in [2.05, 4.69) is 5.10 Å². The summed E-state index contributed by atoms with van der Waals surface area (Å²) in [6.45, 7) is 0. The molecule has 0 fully saturated rings. The zero-order valence-electron chi connectivity index (χ0n) is 10.4. The SMILES string of the molecule is COc1cccc(CC(N)c2cnn(C)c2)c1F. The quantitative estimate of drug-likeness (QED) is 0.899. The number of ether oxygens (including phenoxy) is 1. The molecule has 0 aliphatic rings. The van der Waals surface area contributed by atoms with Crippen LogP contribution in [0.15, 0.2) is 30.6 Å². The van der Waals surface area contributed by atoms with Crippen LogP contribution in [0.4, 0.5) is 4.39 Å². The van der Waals surface area contributed by atoms with Gasteiger partial charge in [-0.2, -0.15) is 5.10 Å². The highest BCUT2D eigenvalue weighted by molar-refractivity contribution is 5.32. The van der Waals surface area contributed by atoms with Crippen molar-refractivity contribution in [2.24, 2.45) is 12.8 Å². The first kappa shape index (κ1) is 12.6. The number of hydrogen-bond donors (Lipinski definition) is 1. The average Bonchev–Trinajstić information content (AvgIpc) is 2.78. The number of methoxy groups -OCH3 is 1. The van der Waals surface area contributed by atoms with Gasteiger partial charge in [-0.05, 0) is 18.1 Å². The summed E-state index contributed by atoms with van der Waals surface area (Å²) in [5.41, 5.74) is 7.48. The Morgan fingerprint density at radius 2 is 2.28 bits per heavy atom. The number of nitrogens with zero attached hydrogens (tertiary/aromatic N) is 2. The van der Waals surface area contributed by atoms with E-state index in [1.165, 1.54) is 7.11 Å². The molecule has 0 saturated heterocycles. The average molecular weight is 249 g/mol. The lowest BCUT2D eigenvalue weighted by Crippen LogP contribution is -2.13. The molecule has 0 radical (unpaired) electrons. The Balaban J connectivity index is 2.19. The molecule has 0 aliphatic carbocycles. The van der Waals surface area contributed by atoms with E-state index in [0.717, 1.165) is 5.56 Å². The zero-order valence-corrected chi connectivity index (χ0v) is 10.4. The van der Waals surface area contributed by atoms with Crippen molar-refractivity contribution < 1.29 is 9.13 Å². The first-order chi connectivity index (χ1) is 8.61. The van der Waals surface area contributed by atoms with Gasteiger partial charge in [-0.25, -0.2) is 4.39 Å². The van der Waals surface area contributed by atoms with E-state index in [4.69, 9.17) is 10.5 Å². The third-order valence-electron chi connectivity index (χ3n) is 2.86. The zero-order chi connectivity index (χ0) is 13.1. The molecule has 5 heteroatoms. The number of aryl methyl sites for hydroxylation is 1. The van der Waals surface area contributed by atoms with E-state index in [-0.39, 0.29) is 17.6 Å². The van der Waals surface area contributed by atoms with Gasteiger partial charge in [0.05, 0.1) is 13.3 Å². The molecule has 4 nitrogen and oxygen atoms in total. The summed E-state index contributed by atoms with van der Waals surface area (Å²) in [6, 6.07) is 4.79. The Labute approximate surface area is 105 Å². The number of halogens is 1. The Morgan fingerprint density at radius 3 is 2.89 bits per heavy atom. The molecule has 0 amide bonds. The first-order valence-electron chi connectivity index (χ1n) is 5.67. The summed E-state index contributed by atoms with van der Waals surface area (Å²) in [4.78, 5) is 0. The van der Waals surface area contributed by atoms with Gasteiger partial charge in [0.15, 0.2) is 11.6 Å². The predicted octanol–water partition coefficient (Wildman–Crippen LogP) is 1.81.